The molecular weight excluding hydrogens is 226 g/mol. The second kappa shape index (κ2) is 4.77. The summed E-state index contributed by atoms with van der Waals surface area (Å²) >= 11 is 0. The van der Waals surface area contributed by atoms with Gasteiger partial charge in [0, 0.05) is 13.2 Å². The van der Waals surface area contributed by atoms with Gasteiger partial charge in [-0.3, -0.25) is 9.78 Å². The van der Waals surface area contributed by atoms with Gasteiger partial charge >= 0.3 is 0 Å². The van der Waals surface area contributed by atoms with E-state index in [0.29, 0.717) is 25.3 Å². The number of nitrogens with zero attached hydrogens (tertiary/aromatic N) is 3. The Bertz CT molecular complexity index is 472. The van der Waals surface area contributed by atoms with Crippen LogP contribution in [0.4, 0.5) is 0 Å². The van der Waals surface area contributed by atoms with Crippen molar-refractivity contribution < 1.29 is 4.79 Å². The molecule has 0 aliphatic heterocycles. The Kier molecular flexibility index (Phi) is 3.33. The zero-order valence-corrected chi connectivity index (χ0v) is 10.8. The molecule has 1 fully saturated rings. The van der Waals surface area contributed by atoms with Gasteiger partial charge in [-0.15, -0.1) is 0 Å². The normalized spacial score (nSPS) is 25.9. The highest BCUT2D eigenvalue weighted by Gasteiger charge is 2.50. The summed E-state index contributed by atoms with van der Waals surface area (Å²) in [5.74, 6) is 0.394. The minimum absolute atomic E-state index is 0.0752. The monoisotopic (exact) mass is 243 g/mol. The van der Waals surface area contributed by atoms with Crippen molar-refractivity contribution in [2.75, 3.05) is 7.05 Å². The average molecular weight is 243 g/mol. The van der Waals surface area contributed by atoms with Crippen molar-refractivity contribution in [2.45, 2.75) is 26.3 Å². The van der Waals surface area contributed by atoms with Crippen LogP contribution in [0.5, 0.6) is 0 Å². The number of rotatable bonds is 3. The van der Waals surface area contributed by atoms with Crippen LogP contribution in [0.2, 0.25) is 0 Å². The highest BCUT2D eigenvalue weighted by molar-refractivity contribution is 5.86. The SMILES string of the molecule is CC1CC(C#N)(C(=O)N(C)Cc2ccccn2)C1. The molecule has 0 saturated heterocycles. The molecule has 1 saturated carbocycles. The summed E-state index contributed by atoms with van der Waals surface area (Å²) in [4.78, 5) is 18.1. The fourth-order valence-electron chi connectivity index (χ4n) is 2.62. The van der Waals surface area contributed by atoms with Gasteiger partial charge in [-0.05, 0) is 30.9 Å². The minimum atomic E-state index is -0.789. The van der Waals surface area contributed by atoms with E-state index in [2.05, 4.69) is 18.0 Å². The average Bonchev–Trinajstić information content (AvgIpc) is 2.35. The van der Waals surface area contributed by atoms with Crippen LogP contribution in [0.3, 0.4) is 0 Å². The maximum atomic E-state index is 12.3. The van der Waals surface area contributed by atoms with Crippen LogP contribution in [-0.2, 0) is 11.3 Å². The molecule has 0 unspecified atom stereocenters. The maximum absolute atomic E-state index is 12.3. The number of hydrogen-bond acceptors (Lipinski definition) is 3. The summed E-state index contributed by atoms with van der Waals surface area (Å²) in [6.07, 6.45) is 3.06. The molecule has 1 aromatic heterocycles. The van der Waals surface area contributed by atoms with Gasteiger partial charge in [0.25, 0.3) is 0 Å². The maximum Gasteiger partial charge on any atom is 0.243 e. The zero-order valence-electron chi connectivity index (χ0n) is 10.8. The van der Waals surface area contributed by atoms with Crippen molar-refractivity contribution in [3.63, 3.8) is 0 Å². The predicted molar refractivity (Wildman–Crippen MR) is 67.2 cm³/mol. The van der Waals surface area contributed by atoms with Gasteiger partial charge in [0.15, 0.2) is 0 Å². The van der Waals surface area contributed by atoms with Crippen molar-refractivity contribution in [3.8, 4) is 6.07 Å². The Morgan fingerprint density at radius 3 is 2.83 bits per heavy atom. The van der Waals surface area contributed by atoms with Crippen LogP contribution < -0.4 is 0 Å². The van der Waals surface area contributed by atoms with Gasteiger partial charge in [0.05, 0.1) is 18.3 Å². The molecule has 4 nitrogen and oxygen atoms in total. The van der Waals surface area contributed by atoms with Gasteiger partial charge in [0.2, 0.25) is 5.91 Å². The van der Waals surface area contributed by atoms with E-state index in [1.807, 2.05) is 18.2 Å². The van der Waals surface area contributed by atoms with E-state index in [1.54, 1.807) is 18.1 Å². The Balaban J connectivity index is 2.04. The molecule has 1 heterocycles. The first-order chi connectivity index (χ1) is 8.57. The van der Waals surface area contributed by atoms with Crippen LogP contribution in [0, 0.1) is 22.7 Å². The third kappa shape index (κ3) is 2.21. The van der Waals surface area contributed by atoms with Crippen molar-refractivity contribution in [2.24, 2.45) is 11.3 Å². The van der Waals surface area contributed by atoms with Crippen LogP contribution in [0.25, 0.3) is 0 Å². The second-order valence-electron chi connectivity index (χ2n) is 5.19. The molecule has 18 heavy (non-hydrogen) atoms. The lowest BCUT2D eigenvalue weighted by molar-refractivity contribution is -0.144. The first-order valence-electron chi connectivity index (χ1n) is 6.14. The molecule has 1 aliphatic rings. The molecule has 0 N–H and O–H groups in total. The van der Waals surface area contributed by atoms with Crippen molar-refractivity contribution in [3.05, 3.63) is 30.1 Å². The molecule has 2 rings (SSSR count). The van der Waals surface area contributed by atoms with Crippen LogP contribution >= 0.6 is 0 Å². The molecule has 1 aliphatic carbocycles. The highest BCUT2D eigenvalue weighted by Crippen LogP contribution is 2.46. The van der Waals surface area contributed by atoms with Gasteiger partial charge in [-0.25, -0.2) is 0 Å². The van der Waals surface area contributed by atoms with Crippen LogP contribution in [-0.4, -0.2) is 22.8 Å². The van der Waals surface area contributed by atoms with E-state index in [9.17, 15) is 10.1 Å². The van der Waals surface area contributed by atoms with E-state index in [-0.39, 0.29) is 5.91 Å². The summed E-state index contributed by atoms with van der Waals surface area (Å²) in [5, 5.41) is 9.23. The number of nitriles is 1. The third-order valence-electron chi connectivity index (χ3n) is 3.49. The van der Waals surface area contributed by atoms with E-state index in [4.69, 9.17) is 0 Å². The Morgan fingerprint density at radius 1 is 1.61 bits per heavy atom. The van der Waals surface area contributed by atoms with Gasteiger partial charge < -0.3 is 4.90 Å². The highest BCUT2D eigenvalue weighted by atomic mass is 16.2. The van der Waals surface area contributed by atoms with Crippen LogP contribution in [0.15, 0.2) is 24.4 Å². The number of pyridine rings is 1. The largest absolute Gasteiger partial charge is 0.338 e. The molecule has 94 valence electrons. The molecule has 1 aromatic rings. The summed E-state index contributed by atoms with van der Waals surface area (Å²) in [6.45, 7) is 2.53. The molecule has 4 heteroatoms. The second-order valence-corrected chi connectivity index (χ2v) is 5.19. The van der Waals surface area contributed by atoms with Crippen molar-refractivity contribution in [1.29, 1.82) is 5.26 Å². The topological polar surface area (TPSA) is 57.0 Å². The lowest BCUT2D eigenvalue weighted by Gasteiger charge is -2.41. The van der Waals surface area contributed by atoms with Crippen molar-refractivity contribution in [1.82, 2.24) is 9.88 Å². The number of carbonyl (C=O) groups excluding carboxylic acids is 1. The standard InChI is InChI=1S/C14H17N3O/c1-11-7-14(8-11,10-15)13(18)17(2)9-12-5-3-4-6-16-12/h3-6,11H,7-9H2,1-2H3. The smallest absolute Gasteiger partial charge is 0.243 e. The molecule has 0 spiro atoms. The van der Waals surface area contributed by atoms with E-state index < -0.39 is 5.41 Å². The Morgan fingerprint density at radius 2 is 2.33 bits per heavy atom. The lowest BCUT2D eigenvalue weighted by atomic mass is 9.63. The van der Waals surface area contributed by atoms with Gasteiger partial charge in [-0.1, -0.05) is 13.0 Å². The van der Waals surface area contributed by atoms with E-state index >= 15 is 0 Å². The first-order valence-corrected chi connectivity index (χ1v) is 6.14. The first kappa shape index (κ1) is 12.6. The molecule has 0 atom stereocenters. The molecule has 0 radical (unpaired) electrons. The Labute approximate surface area is 107 Å². The summed E-state index contributed by atoms with van der Waals surface area (Å²) < 4.78 is 0. The molecule has 1 amide bonds. The lowest BCUT2D eigenvalue weighted by Crippen LogP contribution is -2.48. The van der Waals surface area contributed by atoms with Gasteiger partial charge in [0.1, 0.15) is 5.41 Å². The fraction of sp³-hybridized carbons (Fsp3) is 0.500. The zero-order chi connectivity index (χ0) is 13.2. The number of aromatic nitrogens is 1. The Hall–Kier alpha value is -1.89. The number of carbonyl (C=O) groups is 1. The summed E-state index contributed by atoms with van der Waals surface area (Å²) in [5.41, 5.74) is 0.0527. The molecule has 0 bridgehead atoms. The summed E-state index contributed by atoms with van der Waals surface area (Å²) in [7, 11) is 1.74. The van der Waals surface area contributed by atoms with Crippen molar-refractivity contribution >= 4 is 5.91 Å². The van der Waals surface area contributed by atoms with E-state index in [0.717, 1.165) is 5.69 Å². The number of hydrogen-bond donors (Lipinski definition) is 0. The fourth-order valence-corrected chi connectivity index (χ4v) is 2.62. The van der Waals surface area contributed by atoms with Gasteiger partial charge in [-0.2, -0.15) is 5.26 Å². The minimum Gasteiger partial charge on any atom is -0.338 e. The van der Waals surface area contributed by atoms with E-state index in [1.165, 1.54) is 0 Å². The number of amides is 1. The third-order valence-corrected chi connectivity index (χ3v) is 3.49. The summed E-state index contributed by atoms with van der Waals surface area (Å²) in [6, 6.07) is 7.82. The predicted octanol–water partition coefficient (Wildman–Crippen LogP) is 1.98. The molecular formula is C14H17N3O. The van der Waals surface area contributed by atoms with Crippen LogP contribution in [0.1, 0.15) is 25.5 Å². The molecule has 0 aromatic carbocycles. The quantitative estimate of drug-likeness (QED) is 0.815.